The molecule has 0 unspecified atom stereocenters. The summed E-state index contributed by atoms with van der Waals surface area (Å²) in [7, 11) is -3.77. The van der Waals surface area contributed by atoms with E-state index in [4.69, 9.17) is 23.2 Å². The predicted molar refractivity (Wildman–Crippen MR) is 114 cm³/mol. The summed E-state index contributed by atoms with van der Waals surface area (Å²) >= 11 is 11.9. The molecule has 0 radical (unpaired) electrons. The van der Waals surface area contributed by atoms with Crippen LogP contribution >= 0.6 is 23.2 Å². The smallest absolute Gasteiger partial charge is 0.252 e. The van der Waals surface area contributed by atoms with Crippen LogP contribution in [-0.4, -0.2) is 25.9 Å². The standard InChI is InChI=1S/C21H18Cl2N2O3S/c1-14-4-7-17(8-5-14)29(27,28)20(15-3-2-10-24-12-15)13-25-21(26)18-9-6-16(22)11-19(18)23/h2-12,20H,13H2,1H3,(H,25,26)/t20-/m1/s1. The summed E-state index contributed by atoms with van der Waals surface area (Å²) in [6.07, 6.45) is 3.04. The Hall–Kier alpha value is -2.41. The molecule has 0 saturated carbocycles. The van der Waals surface area contributed by atoms with E-state index in [1.54, 1.807) is 48.7 Å². The van der Waals surface area contributed by atoms with Crippen LogP contribution in [0.2, 0.25) is 10.0 Å². The molecule has 1 atom stereocenters. The van der Waals surface area contributed by atoms with Crippen molar-refractivity contribution in [2.45, 2.75) is 17.1 Å². The summed E-state index contributed by atoms with van der Waals surface area (Å²) in [5, 5.41) is 2.26. The normalized spacial score (nSPS) is 12.4. The summed E-state index contributed by atoms with van der Waals surface area (Å²) in [6, 6.07) is 14.4. The van der Waals surface area contributed by atoms with Gasteiger partial charge in [-0.3, -0.25) is 9.78 Å². The van der Waals surface area contributed by atoms with Crippen molar-refractivity contribution in [1.82, 2.24) is 10.3 Å². The second-order valence-electron chi connectivity index (χ2n) is 6.47. The summed E-state index contributed by atoms with van der Waals surface area (Å²) in [6.45, 7) is 1.74. The molecule has 3 rings (SSSR count). The molecule has 1 heterocycles. The minimum Gasteiger partial charge on any atom is -0.350 e. The molecule has 0 bridgehead atoms. The molecule has 0 aliphatic carbocycles. The Balaban J connectivity index is 1.90. The zero-order chi connectivity index (χ0) is 21.0. The highest BCUT2D eigenvalue weighted by molar-refractivity contribution is 7.91. The van der Waals surface area contributed by atoms with Gasteiger partial charge in [0.2, 0.25) is 0 Å². The lowest BCUT2D eigenvalue weighted by atomic mass is 10.2. The van der Waals surface area contributed by atoms with E-state index in [0.29, 0.717) is 10.6 Å². The van der Waals surface area contributed by atoms with Crippen LogP contribution in [0.15, 0.2) is 71.9 Å². The monoisotopic (exact) mass is 448 g/mol. The number of nitrogens with one attached hydrogen (secondary N) is 1. The highest BCUT2D eigenvalue weighted by Gasteiger charge is 2.30. The number of halogens is 2. The molecule has 0 fully saturated rings. The quantitative estimate of drug-likeness (QED) is 0.595. The Morgan fingerprint density at radius 1 is 1.10 bits per heavy atom. The van der Waals surface area contributed by atoms with Crippen molar-refractivity contribution in [2.24, 2.45) is 0 Å². The van der Waals surface area contributed by atoms with Gasteiger partial charge in [0.25, 0.3) is 5.91 Å². The molecule has 0 aliphatic heterocycles. The van der Waals surface area contributed by atoms with E-state index in [9.17, 15) is 13.2 Å². The average Bonchev–Trinajstić information content (AvgIpc) is 2.69. The fourth-order valence-corrected chi connectivity index (χ4v) is 4.96. The van der Waals surface area contributed by atoms with Crippen molar-refractivity contribution in [3.05, 3.63) is 93.7 Å². The highest BCUT2D eigenvalue weighted by Crippen LogP contribution is 2.29. The molecule has 5 nitrogen and oxygen atoms in total. The van der Waals surface area contributed by atoms with E-state index in [-0.39, 0.29) is 22.0 Å². The van der Waals surface area contributed by atoms with E-state index in [0.717, 1.165) is 5.56 Å². The molecule has 0 aliphatic rings. The number of aromatic nitrogens is 1. The van der Waals surface area contributed by atoms with Gasteiger partial charge in [-0.05, 0) is 48.9 Å². The molecule has 2 aromatic carbocycles. The third-order valence-electron chi connectivity index (χ3n) is 4.40. The van der Waals surface area contributed by atoms with Crippen molar-refractivity contribution in [2.75, 3.05) is 6.54 Å². The zero-order valence-corrected chi connectivity index (χ0v) is 17.8. The van der Waals surface area contributed by atoms with Crippen molar-refractivity contribution in [3.8, 4) is 0 Å². The number of carbonyl (C=O) groups excluding carboxylic acids is 1. The molecule has 1 aromatic heterocycles. The Bertz CT molecular complexity index is 1120. The Kier molecular flexibility index (Phi) is 6.57. The van der Waals surface area contributed by atoms with Gasteiger partial charge < -0.3 is 5.32 Å². The topological polar surface area (TPSA) is 76.1 Å². The maximum absolute atomic E-state index is 13.3. The van der Waals surface area contributed by atoms with E-state index in [2.05, 4.69) is 10.3 Å². The zero-order valence-electron chi connectivity index (χ0n) is 15.5. The summed E-state index contributed by atoms with van der Waals surface area (Å²) in [5.41, 5.74) is 1.65. The molecule has 0 saturated heterocycles. The largest absolute Gasteiger partial charge is 0.350 e. The minimum absolute atomic E-state index is 0.139. The summed E-state index contributed by atoms with van der Waals surface area (Å²) in [5.74, 6) is -0.486. The van der Waals surface area contributed by atoms with Crippen molar-refractivity contribution < 1.29 is 13.2 Å². The van der Waals surface area contributed by atoms with Gasteiger partial charge in [0.1, 0.15) is 5.25 Å². The van der Waals surface area contributed by atoms with Crippen molar-refractivity contribution >= 4 is 38.9 Å². The number of amides is 1. The van der Waals surface area contributed by atoms with Gasteiger partial charge in [-0.15, -0.1) is 0 Å². The Morgan fingerprint density at radius 2 is 1.83 bits per heavy atom. The molecule has 8 heteroatoms. The highest BCUT2D eigenvalue weighted by atomic mass is 35.5. The first-order chi connectivity index (χ1) is 13.8. The van der Waals surface area contributed by atoms with Crippen LogP contribution in [0.3, 0.4) is 0 Å². The lowest BCUT2D eigenvalue weighted by Gasteiger charge is -2.19. The van der Waals surface area contributed by atoms with Crippen LogP contribution in [0.25, 0.3) is 0 Å². The fourth-order valence-electron chi connectivity index (χ4n) is 2.82. The van der Waals surface area contributed by atoms with Crippen LogP contribution < -0.4 is 5.32 Å². The number of pyridine rings is 1. The van der Waals surface area contributed by atoms with E-state index in [1.807, 2.05) is 6.92 Å². The number of carbonyl (C=O) groups is 1. The first kappa shape index (κ1) is 21.3. The van der Waals surface area contributed by atoms with Crippen LogP contribution in [0.4, 0.5) is 0 Å². The van der Waals surface area contributed by atoms with Gasteiger partial charge in [0.15, 0.2) is 9.84 Å². The second-order valence-corrected chi connectivity index (χ2v) is 9.44. The first-order valence-corrected chi connectivity index (χ1v) is 11.0. The van der Waals surface area contributed by atoms with Gasteiger partial charge in [0, 0.05) is 24.0 Å². The van der Waals surface area contributed by atoms with Crippen LogP contribution in [-0.2, 0) is 9.84 Å². The second kappa shape index (κ2) is 8.95. The molecular weight excluding hydrogens is 431 g/mol. The molecule has 29 heavy (non-hydrogen) atoms. The van der Waals surface area contributed by atoms with Gasteiger partial charge in [-0.2, -0.15) is 0 Å². The number of aryl methyl sites for hydroxylation is 1. The maximum Gasteiger partial charge on any atom is 0.252 e. The molecule has 150 valence electrons. The lowest BCUT2D eigenvalue weighted by molar-refractivity contribution is 0.0954. The number of nitrogens with zero attached hydrogens (tertiary/aromatic N) is 1. The lowest BCUT2D eigenvalue weighted by Crippen LogP contribution is -2.32. The van der Waals surface area contributed by atoms with Gasteiger partial charge in [0.05, 0.1) is 15.5 Å². The minimum atomic E-state index is -3.77. The Labute approximate surface area is 179 Å². The van der Waals surface area contributed by atoms with Gasteiger partial charge in [-0.25, -0.2) is 8.42 Å². The van der Waals surface area contributed by atoms with Crippen LogP contribution in [0.1, 0.15) is 26.7 Å². The summed E-state index contributed by atoms with van der Waals surface area (Å²) < 4.78 is 26.6. The van der Waals surface area contributed by atoms with Gasteiger partial charge >= 0.3 is 0 Å². The van der Waals surface area contributed by atoms with E-state index >= 15 is 0 Å². The maximum atomic E-state index is 13.3. The fraction of sp³-hybridized carbons (Fsp3) is 0.143. The van der Waals surface area contributed by atoms with Crippen molar-refractivity contribution in [1.29, 1.82) is 0 Å². The Morgan fingerprint density at radius 3 is 2.45 bits per heavy atom. The van der Waals surface area contributed by atoms with Gasteiger partial charge in [-0.1, -0.05) is 47.0 Å². The van der Waals surface area contributed by atoms with E-state index < -0.39 is 21.0 Å². The number of benzene rings is 2. The number of sulfone groups is 1. The number of hydrogen-bond acceptors (Lipinski definition) is 4. The number of hydrogen-bond donors (Lipinski definition) is 1. The average molecular weight is 449 g/mol. The van der Waals surface area contributed by atoms with Crippen molar-refractivity contribution in [3.63, 3.8) is 0 Å². The molecule has 3 aromatic rings. The molecule has 0 spiro atoms. The molecular formula is C21H18Cl2N2O3S. The SMILES string of the molecule is Cc1ccc(S(=O)(=O)[C@H](CNC(=O)c2ccc(Cl)cc2Cl)c2cccnc2)cc1. The summed E-state index contributed by atoms with van der Waals surface area (Å²) in [4.78, 5) is 16.8. The van der Waals surface area contributed by atoms with Crippen LogP contribution in [0, 0.1) is 6.92 Å². The third kappa shape index (κ3) is 4.96. The first-order valence-electron chi connectivity index (χ1n) is 8.73. The predicted octanol–water partition coefficient (Wildman–Crippen LogP) is 4.64. The van der Waals surface area contributed by atoms with Crippen LogP contribution in [0.5, 0.6) is 0 Å². The number of rotatable bonds is 6. The third-order valence-corrected chi connectivity index (χ3v) is 7.07. The molecule has 1 amide bonds. The molecule has 1 N–H and O–H groups in total. The van der Waals surface area contributed by atoms with E-state index in [1.165, 1.54) is 18.3 Å².